The molecule has 2 N–H and O–H groups in total. The summed E-state index contributed by atoms with van der Waals surface area (Å²) >= 11 is 12.3. The zero-order valence-corrected chi connectivity index (χ0v) is 19.4. The topological polar surface area (TPSA) is 86.7 Å². The van der Waals surface area contributed by atoms with Gasteiger partial charge >= 0.3 is 5.97 Å². The maximum absolute atomic E-state index is 13.3. The summed E-state index contributed by atoms with van der Waals surface area (Å²) in [6.45, 7) is 6.91. The molecular formula is C22H23Cl2FN2O4S. The van der Waals surface area contributed by atoms with Crippen LogP contribution in [0, 0.1) is 11.7 Å². The standard InChI is InChI=1S/C22H23Cl2FN2O4S/c1-3-11-26-21(18-10-5-15(23)13-20(18)24)19(22(28)29)14-27(12-4-2)32(30,31)17-8-6-16(25)7-9-17/h3-10,13,19,21,26H,1-2,11-12,14H2,(H,28,29). The average Bonchev–Trinajstić information content (AvgIpc) is 2.73. The van der Waals surface area contributed by atoms with Gasteiger partial charge in [0, 0.05) is 35.7 Å². The van der Waals surface area contributed by atoms with Gasteiger partial charge < -0.3 is 10.4 Å². The Morgan fingerprint density at radius 3 is 2.34 bits per heavy atom. The molecule has 6 nitrogen and oxygen atoms in total. The molecule has 0 amide bonds. The van der Waals surface area contributed by atoms with Crippen molar-refractivity contribution in [2.75, 3.05) is 19.6 Å². The molecule has 0 aliphatic carbocycles. The number of hydrogen-bond acceptors (Lipinski definition) is 4. The van der Waals surface area contributed by atoms with Crippen molar-refractivity contribution in [3.63, 3.8) is 0 Å². The Morgan fingerprint density at radius 2 is 1.81 bits per heavy atom. The zero-order chi connectivity index (χ0) is 23.9. The second-order valence-electron chi connectivity index (χ2n) is 6.85. The van der Waals surface area contributed by atoms with E-state index in [0.29, 0.717) is 10.6 Å². The van der Waals surface area contributed by atoms with E-state index in [0.717, 1.165) is 28.6 Å². The number of nitrogens with zero attached hydrogens (tertiary/aromatic N) is 1. The van der Waals surface area contributed by atoms with E-state index < -0.39 is 40.3 Å². The third-order valence-electron chi connectivity index (χ3n) is 4.68. The number of aliphatic carboxylic acids is 1. The van der Waals surface area contributed by atoms with Crippen molar-refractivity contribution >= 4 is 39.2 Å². The second-order valence-corrected chi connectivity index (χ2v) is 9.63. The molecule has 0 aromatic heterocycles. The molecule has 32 heavy (non-hydrogen) atoms. The Bertz CT molecular complexity index is 1080. The van der Waals surface area contributed by atoms with Crippen molar-refractivity contribution < 1.29 is 22.7 Å². The largest absolute Gasteiger partial charge is 0.481 e. The molecule has 2 aromatic rings. The lowest BCUT2D eigenvalue weighted by molar-refractivity contribution is -0.143. The molecule has 2 rings (SSSR count). The maximum atomic E-state index is 13.3. The molecule has 0 saturated heterocycles. The lowest BCUT2D eigenvalue weighted by Crippen LogP contribution is -2.43. The normalized spacial score (nSPS) is 13.5. The molecule has 2 aromatic carbocycles. The van der Waals surface area contributed by atoms with Gasteiger partial charge in [0.15, 0.2) is 0 Å². The lowest BCUT2D eigenvalue weighted by Gasteiger charge is -2.30. The number of sulfonamides is 1. The molecule has 0 aliphatic heterocycles. The van der Waals surface area contributed by atoms with Gasteiger partial charge in [-0.15, -0.1) is 13.2 Å². The SMILES string of the molecule is C=CCNC(c1ccc(Cl)cc1Cl)C(CN(CC=C)S(=O)(=O)c1ccc(F)cc1)C(=O)O. The molecule has 0 heterocycles. The molecule has 10 heteroatoms. The monoisotopic (exact) mass is 500 g/mol. The lowest BCUT2D eigenvalue weighted by atomic mass is 9.92. The van der Waals surface area contributed by atoms with Crippen LogP contribution in [0.15, 0.2) is 72.7 Å². The summed E-state index contributed by atoms with van der Waals surface area (Å²) in [5.41, 5.74) is 0.447. The van der Waals surface area contributed by atoms with Gasteiger partial charge in [-0.3, -0.25) is 4.79 Å². The van der Waals surface area contributed by atoms with Crippen LogP contribution in [0.4, 0.5) is 4.39 Å². The third-order valence-corrected chi connectivity index (χ3v) is 7.09. The van der Waals surface area contributed by atoms with E-state index in [1.807, 2.05) is 0 Å². The van der Waals surface area contributed by atoms with Gasteiger partial charge in [0.05, 0.1) is 10.8 Å². The Morgan fingerprint density at radius 1 is 1.16 bits per heavy atom. The highest BCUT2D eigenvalue weighted by Gasteiger charge is 2.36. The highest BCUT2D eigenvalue weighted by molar-refractivity contribution is 7.89. The quantitative estimate of drug-likeness (QED) is 0.418. The van der Waals surface area contributed by atoms with Crippen molar-refractivity contribution in [2.45, 2.75) is 10.9 Å². The number of hydrogen-bond donors (Lipinski definition) is 2. The minimum absolute atomic E-state index is 0.147. The minimum Gasteiger partial charge on any atom is -0.481 e. The van der Waals surface area contributed by atoms with Gasteiger partial charge in [-0.25, -0.2) is 12.8 Å². The number of carbonyl (C=O) groups is 1. The number of carboxylic acids is 1. The van der Waals surface area contributed by atoms with Crippen molar-refractivity contribution in [1.82, 2.24) is 9.62 Å². The zero-order valence-electron chi connectivity index (χ0n) is 17.0. The number of carboxylic acid groups (broad SMARTS) is 1. The summed E-state index contributed by atoms with van der Waals surface area (Å²) in [6, 6.07) is 8.09. The van der Waals surface area contributed by atoms with Crippen molar-refractivity contribution in [1.29, 1.82) is 0 Å². The molecule has 2 atom stereocenters. The Kier molecular flexibility index (Phi) is 9.42. The first-order chi connectivity index (χ1) is 15.1. The Labute approximate surface area is 197 Å². The molecule has 0 aliphatic rings. The van der Waals surface area contributed by atoms with Crippen LogP contribution in [-0.2, 0) is 14.8 Å². The first-order valence-corrected chi connectivity index (χ1v) is 11.7. The number of benzene rings is 2. The predicted molar refractivity (Wildman–Crippen MR) is 124 cm³/mol. The molecule has 172 valence electrons. The van der Waals surface area contributed by atoms with Crippen LogP contribution in [0.5, 0.6) is 0 Å². The highest BCUT2D eigenvalue weighted by atomic mass is 35.5. The molecular weight excluding hydrogens is 478 g/mol. The second kappa shape index (κ2) is 11.6. The van der Waals surface area contributed by atoms with E-state index in [-0.39, 0.29) is 23.0 Å². The van der Waals surface area contributed by atoms with Crippen molar-refractivity contribution in [3.8, 4) is 0 Å². The summed E-state index contributed by atoms with van der Waals surface area (Å²) in [6.07, 6.45) is 2.90. The van der Waals surface area contributed by atoms with Crippen molar-refractivity contribution in [2.24, 2.45) is 5.92 Å². The van der Waals surface area contributed by atoms with E-state index in [2.05, 4.69) is 18.5 Å². The van der Waals surface area contributed by atoms with E-state index in [4.69, 9.17) is 23.2 Å². The maximum Gasteiger partial charge on any atom is 0.309 e. The van der Waals surface area contributed by atoms with E-state index >= 15 is 0 Å². The Hall–Kier alpha value is -2.23. The highest BCUT2D eigenvalue weighted by Crippen LogP contribution is 2.32. The van der Waals surface area contributed by atoms with Crippen LogP contribution in [0.2, 0.25) is 10.0 Å². The van der Waals surface area contributed by atoms with Crippen LogP contribution < -0.4 is 5.32 Å². The summed E-state index contributed by atoms with van der Waals surface area (Å²) in [4.78, 5) is 12.1. The van der Waals surface area contributed by atoms with Gasteiger partial charge in [-0.05, 0) is 42.0 Å². The van der Waals surface area contributed by atoms with Gasteiger partial charge in [0.25, 0.3) is 0 Å². The average molecular weight is 501 g/mol. The number of nitrogens with one attached hydrogen (secondary N) is 1. The van der Waals surface area contributed by atoms with Crippen LogP contribution >= 0.6 is 23.2 Å². The number of rotatable bonds is 12. The van der Waals surface area contributed by atoms with Crippen LogP contribution in [0.25, 0.3) is 0 Å². The molecule has 0 radical (unpaired) electrons. The van der Waals surface area contributed by atoms with E-state index in [1.54, 1.807) is 18.2 Å². The molecule has 0 spiro atoms. The van der Waals surface area contributed by atoms with E-state index in [1.165, 1.54) is 12.1 Å². The fourth-order valence-corrected chi connectivity index (χ4v) is 5.11. The van der Waals surface area contributed by atoms with Crippen molar-refractivity contribution in [3.05, 3.63) is 89.2 Å². The number of halogens is 3. The first-order valence-electron chi connectivity index (χ1n) is 9.50. The van der Waals surface area contributed by atoms with Gasteiger partial charge in [0.2, 0.25) is 10.0 Å². The molecule has 0 saturated carbocycles. The first kappa shape index (κ1) is 26.0. The predicted octanol–water partition coefficient (Wildman–Crippen LogP) is 4.53. The van der Waals surface area contributed by atoms with Crippen LogP contribution in [-0.4, -0.2) is 43.4 Å². The summed E-state index contributed by atoms with van der Waals surface area (Å²) < 4.78 is 40.6. The third kappa shape index (κ3) is 6.40. The molecule has 2 unspecified atom stereocenters. The summed E-state index contributed by atoms with van der Waals surface area (Å²) in [7, 11) is -4.13. The molecule has 0 fully saturated rings. The van der Waals surface area contributed by atoms with Gasteiger partial charge in [-0.1, -0.05) is 41.4 Å². The summed E-state index contributed by atoms with van der Waals surface area (Å²) in [5.74, 6) is -3.06. The van der Waals surface area contributed by atoms with Gasteiger partial charge in [-0.2, -0.15) is 4.31 Å². The fourth-order valence-electron chi connectivity index (χ4n) is 3.15. The molecule has 0 bridgehead atoms. The van der Waals surface area contributed by atoms with Gasteiger partial charge in [0.1, 0.15) is 5.82 Å². The minimum atomic E-state index is -4.13. The smallest absolute Gasteiger partial charge is 0.309 e. The fraction of sp³-hybridized carbons (Fsp3) is 0.227. The van der Waals surface area contributed by atoms with E-state index in [9.17, 15) is 22.7 Å². The van der Waals surface area contributed by atoms with Crippen LogP contribution in [0.3, 0.4) is 0 Å². The van der Waals surface area contributed by atoms with Crippen LogP contribution in [0.1, 0.15) is 11.6 Å². The summed E-state index contributed by atoms with van der Waals surface area (Å²) in [5, 5.41) is 13.7. The Balaban J connectivity index is 2.49.